The largest absolute Gasteiger partial charge is 0.394 e. The fraction of sp³-hybridized carbons (Fsp3) is 0.381. The van der Waals surface area contributed by atoms with Crippen LogP contribution in [0.5, 0.6) is 0 Å². The van der Waals surface area contributed by atoms with Crippen molar-refractivity contribution in [3.8, 4) is 0 Å². The maximum absolute atomic E-state index is 12.8. The number of benzene rings is 2. The zero-order valence-corrected chi connectivity index (χ0v) is 16.7. The Bertz CT molecular complexity index is 781. The monoisotopic (exact) mass is 407 g/mol. The fourth-order valence-corrected chi connectivity index (χ4v) is 3.99. The molecular formula is C21H23Cl2NO3. The first-order valence-electron chi connectivity index (χ1n) is 9.09. The van der Waals surface area contributed by atoms with Gasteiger partial charge in [0.05, 0.1) is 18.7 Å². The highest BCUT2D eigenvalue weighted by Crippen LogP contribution is 2.42. The molecule has 1 N–H and O–H groups in total. The highest BCUT2D eigenvalue weighted by Gasteiger charge is 2.41. The predicted octanol–water partition coefficient (Wildman–Crippen LogP) is 4.80. The second-order valence-electron chi connectivity index (χ2n) is 6.71. The van der Waals surface area contributed by atoms with Crippen LogP contribution in [0.15, 0.2) is 48.5 Å². The summed E-state index contributed by atoms with van der Waals surface area (Å²) in [5, 5.41) is 11.2. The highest BCUT2D eigenvalue weighted by atomic mass is 35.5. The van der Waals surface area contributed by atoms with E-state index in [-0.39, 0.29) is 37.3 Å². The van der Waals surface area contributed by atoms with Crippen molar-refractivity contribution in [2.75, 3.05) is 13.2 Å². The average Bonchev–Trinajstić information content (AvgIpc) is 2.67. The lowest BCUT2D eigenvalue weighted by Gasteiger charge is -2.45. The lowest BCUT2D eigenvalue weighted by Crippen LogP contribution is -2.52. The summed E-state index contributed by atoms with van der Waals surface area (Å²) in [4.78, 5) is 14.6. The molecule has 1 fully saturated rings. The van der Waals surface area contributed by atoms with Gasteiger partial charge in [-0.1, -0.05) is 60.8 Å². The van der Waals surface area contributed by atoms with Gasteiger partial charge in [-0.15, -0.1) is 0 Å². The van der Waals surface area contributed by atoms with Crippen molar-refractivity contribution in [1.29, 1.82) is 0 Å². The summed E-state index contributed by atoms with van der Waals surface area (Å²) in [6, 6.07) is 14.3. The van der Waals surface area contributed by atoms with Crippen LogP contribution in [0.25, 0.3) is 0 Å². The lowest BCUT2D eigenvalue weighted by atomic mass is 9.91. The SMILES string of the molecule is CCC[C@H](CO)N1C(=O)COC(c2cccc(Cl)c2)[C@H]1c1ccc(Cl)cc1. The number of rotatable bonds is 6. The van der Waals surface area contributed by atoms with E-state index in [9.17, 15) is 9.90 Å². The fourth-order valence-electron chi connectivity index (χ4n) is 3.67. The minimum absolute atomic E-state index is 0.0263. The first-order valence-corrected chi connectivity index (χ1v) is 9.85. The summed E-state index contributed by atoms with van der Waals surface area (Å²) in [6.07, 6.45) is 1.20. The summed E-state index contributed by atoms with van der Waals surface area (Å²) >= 11 is 12.2. The predicted molar refractivity (Wildman–Crippen MR) is 107 cm³/mol. The Hall–Kier alpha value is -1.59. The number of carbonyl (C=O) groups is 1. The summed E-state index contributed by atoms with van der Waals surface area (Å²) in [7, 11) is 0. The molecule has 2 aromatic rings. The molecule has 3 rings (SSSR count). The minimum atomic E-state index is -0.381. The smallest absolute Gasteiger partial charge is 0.249 e. The van der Waals surface area contributed by atoms with Gasteiger partial charge in [0.25, 0.3) is 0 Å². The van der Waals surface area contributed by atoms with Crippen molar-refractivity contribution in [3.63, 3.8) is 0 Å². The van der Waals surface area contributed by atoms with Crippen LogP contribution < -0.4 is 0 Å². The van der Waals surface area contributed by atoms with Crippen molar-refractivity contribution in [2.24, 2.45) is 0 Å². The van der Waals surface area contributed by atoms with Gasteiger partial charge in [0.15, 0.2) is 0 Å². The maximum atomic E-state index is 12.8. The van der Waals surface area contributed by atoms with E-state index in [0.29, 0.717) is 16.5 Å². The summed E-state index contributed by atoms with van der Waals surface area (Å²) < 4.78 is 5.97. The van der Waals surface area contributed by atoms with Crippen LogP contribution in [0, 0.1) is 0 Å². The van der Waals surface area contributed by atoms with Gasteiger partial charge in [0, 0.05) is 10.0 Å². The molecule has 1 heterocycles. The highest BCUT2D eigenvalue weighted by molar-refractivity contribution is 6.30. The van der Waals surface area contributed by atoms with E-state index in [1.165, 1.54) is 0 Å². The zero-order chi connectivity index (χ0) is 19.4. The second-order valence-corrected chi connectivity index (χ2v) is 7.58. The molecule has 0 spiro atoms. The molecule has 0 saturated carbocycles. The average molecular weight is 408 g/mol. The van der Waals surface area contributed by atoms with E-state index < -0.39 is 0 Å². The zero-order valence-electron chi connectivity index (χ0n) is 15.1. The quantitative estimate of drug-likeness (QED) is 0.748. The molecule has 2 aromatic carbocycles. The minimum Gasteiger partial charge on any atom is -0.394 e. The Balaban J connectivity index is 2.08. The molecule has 0 aromatic heterocycles. The van der Waals surface area contributed by atoms with Crippen molar-refractivity contribution in [2.45, 2.75) is 38.0 Å². The van der Waals surface area contributed by atoms with Crippen LogP contribution in [-0.2, 0) is 9.53 Å². The van der Waals surface area contributed by atoms with Crippen molar-refractivity contribution >= 4 is 29.1 Å². The van der Waals surface area contributed by atoms with Crippen LogP contribution in [0.4, 0.5) is 0 Å². The van der Waals surface area contributed by atoms with Gasteiger partial charge < -0.3 is 14.7 Å². The van der Waals surface area contributed by atoms with Crippen LogP contribution in [0.2, 0.25) is 10.0 Å². The van der Waals surface area contributed by atoms with Crippen molar-refractivity contribution < 1.29 is 14.6 Å². The molecule has 3 atom stereocenters. The number of morpholine rings is 1. The molecule has 0 aliphatic carbocycles. The molecule has 1 unspecified atom stereocenters. The van der Waals surface area contributed by atoms with Gasteiger partial charge in [-0.2, -0.15) is 0 Å². The van der Waals surface area contributed by atoms with Gasteiger partial charge in [-0.25, -0.2) is 0 Å². The number of amides is 1. The van der Waals surface area contributed by atoms with Gasteiger partial charge in [0.1, 0.15) is 12.7 Å². The number of ether oxygens (including phenoxy) is 1. The summed E-state index contributed by atoms with van der Waals surface area (Å²) in [5.41, 5.74) is 1.81. The molecule has 1 aliphatic heterocycles. The van der Waals surface area contributed by atoms with Crippen LogP contribution in [-0.4, -0.2) is 35.2 Å². The van der Waals surface area contributed by atoms with Crippen molar-refractivity contribution in [3.05, 3.63) is 69.7 Å². The maximum Gasteiger partial charge on any atom is 0.249 e. The van der Waals surface area contributed by atoms with E-state index in [0.717, 1.165) is 17.5 Å². The molecular weight excluding hydrogens is 385 g/mol. The molecule has 1 amide bonds. The third-order valence-electron chi connectivity index (χ3n) is 4.88. The number of hydrogen-bond acceptors (Lipinski definition) is 3. The van der Waals surface area contributed by atoms with E-state index in [4.69, 9.17) is 27.9 Å². The number of aliphatic hydroxyl groups excluding tert-OH is 1. The van der Waals surface area contributed by atoms with Crippen molar-refractivity contribution in [1.82, 2.24) is 4.90 Å². The summed E-state index contributed by atoms with van der Waals surface area (Å²) in [6.45, 7) is 1.92. The second kappa shape index (κ2) is 9.07. The Morgan fingerprint density at radius 1 is 1.15 bits per heavy atom. The molecule has 0 radical (unpaired) electrons. The Labute approximate surface area is 169 Å². The van der Waals surface area contributed by atoms with E-state index in [1.807, 2.05) is 43.3 Å². The van der Waals surface area contributed by atoms with Gasteiger partial charge in [-0.05, 0) is 41.8 Å². The Morgan fingerprint density at radius 2 is 1.89 bits per heavy atom. The molecule has 6 heteroatoms. The number of nitrogens with zero attached hydrogens (tertiary/aromatic N) is 1. The topological polar surface area (TPSA) is 49.8 Å². The molecule has 1 aliphatic rings. The first-order chi connectivity index (χ1) is 13.0. The van der Waals surface area contributed by atoms with Gasteiger partial charge in [-0.3, -0.25) is 4.79 Å². The van der Waals surface area contributed by atoms with E-state index in [1.54, 1.807) is 17.0 Å². The van der Waals surface area contributed by atoms with Gasteiger partial charge >= 0.3 is 0 Å². The van der Waals surface area contributed by atoms with Crippen LogP contribution in [0.3, 0.4) is 0 Å². The Kier molecular flexibility index (Phi) is 6.77. The van der Waals surface area contributed by atoms with E-state index in [2.05, 4.69) is 0 Å². The van der Waals surface area contributed by atoms with Crippen LogP contribution >= 0.6 is 23.2 Å². The number of halogens is 2. The molecule has 1 saturated heterocycles. The number of hydrogen-bond donors (Lipinski definition) is 1. The standard InChI is InChI=1S/C21H23Cl2NO3/c1-2-4-18(12-25)24-19(26)13-27-21(15-5-3-6-17(23)11-15)20(24)14-7-9-16(22)10-8-14/h3,5-11,18,20-21,25H,2,4,12-13H2,1H3/t18-,20-,21?/m1/s1. The van der Waals surface area contributed by atoms with Crippen LogP contribution in [0.1, 0.15) is 43.0 Å². The molecule has 0 bridgehead atoms. The molecule has 144 valence electrons. The first kappa shape index (κ1) is 20.2. The van der Waals surface area contributed by atoms with E-state index >= 15 is 0 Å². The number of aliphatic hydroxyl groups is 1. The van der Waals surface area contributed by atoms with Gasteiger partial charge in [0.2, 0.25) is 5.91 Å². The third kappa shape index (κ3) is 4.46. The Morgan fingerprint density at radius 3 is 2.52 bits per heavy atom. The molecule has 27 heavy (non-hydrogen) atoms. The summed E-state index contributed by atoms with van der Waals surface area (Å²) in [5.74, 6) is -0.124. The molecule has 4 nitrogen and oxygen atoms in total. The third-order valence-corrected chi connectivity index (χ3v) is 5.36. The lowest BCUT2D eigenvalue weighted by molar-refractivity contribution is -0.165. The normalized spacial score (nSPS) is 21.3. The number of carbonyl (C=O) groups excluding carboxylic acids is 1.